The van der Waals surface area contributed by atoms with Crippen LogP contribution in [0.5, 0.6) is 0 Å². The predicted molar refractivity (Wildman–Crippen MR) is 86.5 cm³/mol. The first-order chi connectivity index (χ1) is 9.49. The molecular formula is C16H28N2OS. The first-order valence-corrected chi connectivity index (χ1v) is 8.51. The van der Waals surface area contributed by atoms with Gasteiger partial charge in [0, 0.05) is 12.6 Å². The quantitative estimate of drug-likeness (QED) is 0.642. The summed E-state index contributed by atoms with van der Waals surface area (Å²) < 4.78 is 0. The van der Waals surface area contributed by atoms with Crippen molar-refractivity contribution in [2.24, 2.45) is 17.1 Å². The number of nitrogens with zero attached hydrogens (tertiary/aromatic N) is 1. The van der Waals surface area contributed by atoms with Crippen LogP contribution in [0.2, 0.25) is 0 Å². The zero-order valence-electron chi connectivity index (χ0n) is 12.9. The largest absolute Gasteiger partial charge is 0.392 e. The van der Waals surface area contributed by atoms with Crippen LogP contribution >= 0.6 is 12.2 Å². The summed E-state index contributed by atoms with van der Waals surface area (Å²) in [6.07, 6.45) is 8.48. The third-order valence-electron chi connectivity index (χ3n) is 5.17. The zero-order valence-corrected chi connectivity index (χ0v) is 13.7. The van der Waals surface area contributed by atoms with Crippen molar-refractivity contribution >= 4 is 23.1 Å². The van der Waals surface area contributed by atoms with E-state index >= 15 is 0 Å². The predicted octanol–water partition coefficient (Wildman–Crippen LogP) is 3.26. The normalized spacial score (nSPS) is 26.6. The van der Waals surface area contributed by atoms with E-state index in [9.17, 15) is 4.79 Å². The Morgan fingerprint density at radius 3 is 2.30 bits per heavy atom. The molecule has 2 fully saturated rings. The monoisotopic (exact) mass is 296 g/mol. The van der Waals surface area contributed by atoms with Crippen molar-refractivity contribution < 1.29 is 4.79 Å². The molecule has 2 rings (SSSR count). The van der Waals surface area contributed by atoms with E-state index in [4.69, 9.17) is 18.0 Å². The number of carbonyl (C=O) groups excluding carboxylic acids is 1. The van der Waals surface area contributed by atoms with Crippen molar-refractivity contribution in [2.75, 3.05) is 6.54 Å². The SMILES string of the molecule is CC(C)C1CCCN1C(=O)C1(C(N)=S)CCCCCC1. The van der Waals surface area contributed by atoms with Crippen LogP contribution < -0.4 is 5.73 Å². The molecule has 1 saturated carbocycles. The fourth-order valence-electron chi connectivity index (χ4n) is 3.91. The summed E-state index contributed by atoms with van der Waals surface area (Å²) in [6.45, 7) is 5.29. The lowest BCUT2D eigenvalue weighted by Gasteiger charge is -2.38. The third kappa shape index (κ3) is 2.85. The molecule has 1 atom stereocenters. The molecule has 0 spiro atoms. The first-order valence-electron chi connectivity index (χ1n) is 8.10. The molecule has 114 valence electrons. The zero-order chi connectivity index (χ0) is 14.8. The molecule has 4 heteroatoms. The molecule has 3 nitrogen and oxygen atoms in total. The van der Waals surface area contributed by atoms with Gasteiger partial charge in [-0.1, -0.05) is 51.7 Å². The summed E-state index contributed by atoms with van der Waals surface area (Å²) in [5.41, 5.74) is 5.49. The minimum Gasteiger partial charge on any atom is -0.392 e. The van der Waals surface area contributed by atoms with Gasteiger partial charge in [-0.3, -0.25) is 4.79 Å². The second-order valence-corrected chi connectivity index (χ2v) is 7.25. The van der Waals surface area contributed by atoms with Crippen LogP contribution in [0.25, 0.3) is 0 Å². The summed E-state index contributed by atoms with van der Waals surface area (Å²) in [5.74, 6) is 0.735. The molecule has 0 aromatic rings. The molecule has 1 unspecified atom stereocenters. The summed E-state index contributed by atoms with van der Waals surface area (Å²) in [4.78, 5) is 15.7. The van der Waals surface area contributed by atoms with Gasteiger partial charge in [0.25, 0.3) is 0 Å². The summed E-state index contributed by atoms with van der Waals surface area (Å²) >= 11 is 5.33. The standard InChI is InChI=1S/C16H28N2OS/c1-12(2)13-8-7-11-18(13)15(19)16(14(17)20)9-5-3-4-6-10-16/h12-13H,3-11H2,1-2H3,(H2,17,20). The number of likely N-dealkylation sites (tertiary alicyclic amines) is 1. The van der Waals surface area contributed by atoms with Gasteiger partial charge >= 0.3 is 0 Å². The lowest BCUT2D eigenvalue weighted by atomic mass is 9.78. The highest BCUT2D eigenvalue weighted by molar-refractivity contribution is 7.80. The van der Waals surface area contributed by atoms with Crippen molar-refractivity contribution in [3.05, 3.63) is 0 Å². The maximum Gasteiger partial charge on any atom is 0.235 e. The van der Waals surface area contributed by atoms with Crippen molar-refractivity contribution in [1.29, 1.82) is 0 Å². The lowest BCUT2D eigenvalue weighted by molar-refractivity contribution is -0.140. The van der Waals surface area contributed by atoms with Crippen LogP contribution in [0.4, 0.5) is 0 Å². The molecule has 1 amide bonds. The van der Waals surface area contributed by atoms with Gasteiger partial charge < -0.3 is 10.6 Å². The van der Waals surface area contributed by atoms with Crippen molar-refractivity contribution in [3.63, 3.8) is 0 Å². The molecule has 2 aliphatic rings. The van der Waals surface area contributed by atoms with E-state index < -0.39 is 5.41 Å². The molecular weight excluding hydrogens is 268 g/mol. The Hall–Kier alpha value is -0.640. The molecule has 1 aliphatic heterocycles. The van der Waals surface area contributed by atoms with Gasteiger partial charge in [0.2, 0.25) is 5.91 Å². The second-order valence-electron chi connectivity index (χ2n) is 6.81. The Labute approximate surface area is 128 Å². The van der Waals surface area contributed by atoms with E-state index in [0.29, 0.717) is 16.9 Å². The molecule has 0 radical (unpaired) electrons. The summed E-state index contributed by atoms with van der Waals surface area (Å²) in [6, 6.07) is 0.372. The number of nitrogens with two attached hydrogens (primary N) is 1. The van der Waals surface area contributed by atoms with Crippen molar-refractivity contribution in [3.8, 4) is 0 Å². The van der Waals surface area contributed by atoms with Gasteiger partial charge in [-0.05, 0) is 31.6 Å². The Balaban J connectivity index is 2.24. The van der Waals surface area contributed by atoms with Gasteiger partial charge in [-0.15, -0.1) is 0 Å². The highest BCUT2D eigenvalue weighted by Gasteiger charge is 2.46. The minimum atomic E-state index is -0.552. The van der Waals surface area contributed by atoms with E-state index in [2.05, 4.69) is 18.7 Å². The number of amides is 1. The minimum absolute atomic E-state index is 0.225. The van der Waals surface area contributed by atoms with Crippen molar-refractivity contribution in [2.45, 2.75) is 71.3 Å². The Bertz CT molecular complexity index is 373. The number of hydrogen-bond acceptors (Lipinski definition) is 2. The van der Waals surface area contributed by atoms with E-state index in [-0.39, 0.29) is 5.91 Å². The first kappa shape index (κ1) is 15.7. The van der Waals surface area contributed by atoms with Gasteiger partial charge in [0.1, 0.15) is 0 Å². The maximum atomic E-state index is 13.2. The van der Waals surface area contributed by atoms with Gasteiger partial charge in [0.15, 0.2) is 0 Å². The average Bonchev–Trinajstić information content (AvgIpc) is 2.75. The summed E-state index contributed by atoms with van der Waals surface area (Å²) in [7, 11) is 0. The fourth-order valence-corrected chi connectivity index (χ4v) is 4.20. The van der Waals surface area contributed by atoms with E-state index in [1.165, 1.54) is 12.8 Å². The van der Waals surface area contributed by atoms with Gasteiger partial charge in [-0.25, -0.2) is 0 Å². The Morgan fingerprint density at radius 1 is 1.20 bits per heavy atom. The molecule has 1 aliphatic carbocycles. The smallest absolute Gasteiger partial charge is 0.235 e. The van der Waals surface area contributed by atoms with Crippen molar-refractivity contribution in [1.82, 2.24) is 4.90 Å². The van der Waals surface area contributed by atoms with Gasteiger partial charge in [0.05, 0.1) is 10.4 Å². The number of hydrogen-bond donors (Lipinski definition) is 1. The number of carbonyl (C=O) groups is 1. The van der Waals surface area contributed by atoms with Crippen LogP contribution in [0.1, 0.15) is 65.2 Å². The lowest BCUT2D eigenvalue weighted by Crippen LogP contribution is -2.52. The topological polar surface area (TPSA) is 46.3 Å². The Kier molecular flexibility index (Phi) is 5.05. The van der Waals surface area contributed by atoms with E-state index in [1.807, 2.05) is 0 Å². The highest BCUT2D eigenvalue weighted by atomic mass is 32.1. The molecule has 0 bridgehead atoms. The van der Waals surface area contributed by atoms with Crippen LogP contribution in [0.15, 0.2) is 0 Å². The maximum absolute atomic E-state index is 13.2. The number of rotatable bonds is 3. The summed E-state index contributed by atoms with van der Waals surface area (Å²) in [5, 5.41) is 0. The Morgan fingerprint density at radius 2 is 1.80 bits per heavy atom. The van der Waals surface area contributed by atoms with Crippen LogP contribution in [-0.4, -0.2) is 28.4 Å². The number of thiocarbonyl (C=S) groups is 1. The van der Waals surface area contributed by atoms with E-state index in [1.54, 1.807) is 0 Å². The van der Waals surface area contributed by atoms with E-state index in [0.717, 1.165) is 45.1 Å². The molecule has 0 aromatic carbocycles. The molecule has 20 heavy (non-hydrogen) atoms. The molecule has 1 heterocycles. The average molecular weight is 296 g/mol. The van der Waals surface area contributed by atoms with Crippen LogP contribution in [0.3, 0.4) is 0 Å². The highest BCUT2D eigenvalue weighted by Crippen LogP contribution is 2.39. The van der Waals surface area contributed by atoms with Crippen LogP contribution in [-0.2, 0) is 4.79 Å². The molecule has 1 saturated heterocycles. The second kappa shape index (κ2) is 6.42. The van der Waals surface area contributed by atoms with Crippen LogP contribution in [0, 0.1) is 11.3 Å². The molecule has 2 N–H and O–H groups in total. The third-order valence-corrected chi connectivity index (χ3v) is 5.56. The van der Waals surface area contributed by atoms with Gasteiger partial charge in [-0.2, -0.15) is 0 Å². The fraction of sp³-hybridized carbons (Fsp3) is 0.875. The molecule has 0 aromatic heterocycles.